The smallest absolute Gasteiger partial charge is 0.186 e. The van der Waals surface area contributed by atoms with Crippen molar-refractivity contribution in [3.63, 3.8) is 0 Å². The first-order valence-corrected chi connectivity index (χ1v) is 5.19. The maximum absolute atomic E-state index is 5.76. The van der Waals surface area contributed by atoms with Crippen LogP contribution in [0.5, 0.6) is 0 Å². The molecular weight excluding hydrogens is 194 g/mol. The second-order valence-corrected chi connectivity index (χ2v) is 3.97. The van der Waals surface area contributed by atoms with Crippen LogP contribution in [0, 0.1) is 5.92 Å². The van der Waals surface area contributed by atoms with E-state index in [0.29, 0.717) is 5.15 Å². The summed E-state index contributed by atoms with van der Waals surface area (Å²) in [5.74, 6) is 1.57. The predicted octanol–water partition coefficient (Wildman–Crippen LogP) is 2.40. The second-order valence-electron chi connectivity index (χ2n) is 3.08. The Hall–Kier alpha value is -0.350. The Morgan fingerprint density at radius 1 is 1.50 bits per heavy atom. The third kappa shape index (κ3) is 1.69. The summed E-state index contributed by atoms with van der Waals surface area (Å²) in [5.41, 5.74) is 0. The Morgan fingerprint density at radius 3 is 2.83 bits per heavy atom. The monoisotopic (exact) mass is 203 g/mol. The third-order valence-corrected chi connectivity index (χ3v) is 3.12. The lowest BCUT2D eigenvalue weighted by atomic mass is 9.85. The molecule has 0 unspecified atom stereocenters. The second kappa shape index (κ2) is 3.58. The van der Waals surface area contributed by atoms with Crippen LogP contribution in [0.4, 0.5) is 5.82 Å². The fraction of sp³-hybridized carbons (Fsp3) is 0.714. The molecule has 0 aromatic carbocycles. The van der Waals surface area contributed by atoms with E-state index in [9.17, 15) is 0 Å². The minimum atomic E-state index is 0.499. The highest BCUT2D eigenvalue weighted by Crippen LogP contribution is 2.27. The molecule has 1 N–H and O–H groups in total. The molecule has 0 radical (unpaired) electrons. The summed E-state index contributed by atoms with van der Waals surface area (Å²) >= 11 is 6.91. The van der Waals surface area contributed by atoms with E-state index in [1.54, 1.807) is 0 Å². The van der Waals surface area contributed by atoms with Gasteiger partial charge in [0.1, 0.15) is 0 Å². The number of aromatic nitrogens is 2. The van der Waals surface area contributed by atoms with Gasteiger partial charge in [0, 0.05) is 6.54 Å². The molecule has 66 valence electrons. The molecule has 0 saturated heterocycles. The first-order valence-electron chi connectivity index (χ1n) is 4.08. The van der Waals surface area contributed by atoms with Crippen LogP contribution < -0.4 is 5.32 Å². The number of hydrogen-bond acceptors (Lipinski definition) is 4. The van der Waals surface area contributed by atoms with Crippen molar-refractivity contribution < 1.29 is 0 Å². The van der Waals surface area contributed by atoms with E-state index < -0.39 is 0 Å². The summed E-state index contributed by atoms with van der Waals surface area (Å²) < 4.78 is 7.91. The highest BCUT2D eigenvalue weighted by atomic mass is 35.5. The quantitative estimate of drug-likeness (QED) is 0.820. The number of nitrogens with zero attached hydrogens (tertiary/aromatic N) is 2. The van der Waals surface area contributed by atoms with Crippen molar-refractivity contribution in [1.82, 2.24) is 8.75 Å². The van der Waals surface area contributed by atoms with E-state index in [0.717, 1.165) is 30.0 Å². The maximum Gasteiger partial charge on any atom is 0.186 e. The normalized spacial score (nSPS) is 17.4. The average Bonchev–Trinajstić information content (AvgIpc) is 2.33. The zero-order chi connectivity index (χ0) is 8.39. The number of hydrogen-bond donors (Lipinski definition) is 1. The molecular formula is C7H10ClN3S. The number of halogens is 1. The van der Waals surface area contributed by atoms with E-state index in [1.807, 2.05) is 0 Å². The predicted molar refractivity (Wildman–Crippen MR) is 50.7 cm³/mol. The summed E-state index contributed by atoms with van der Waals surface area (Å²) in [6.45, 7) is 0.991. The molecule has 5 heteroatoms. The van der Waals surface area contributed by atoms with Crippen LogP contribution in [-0.4, -0.2) is 15.3 Å². The Bertz CT molecular complexity index is 259. The highest BCUT2D eigenvalue weighted by molar-refractivity contribution is 6.99. The fourth-order valence-corrected chi connectivity index (χ4v) is 1.90. The molecule has 2 rings (SSSR count). The van der Waals surface area contributed by atoms with Crippen LogP contribution in [0.1, 0.15) is 19.3 Å². The number of rotatable bonds is 3. The Kier molecular flexibility index (Phi) is 2.46. The van der Waals surface area contributed by atoms with Crippen molar-refractivity contribution in [3.05, 3.63) is 5.15 Å². The molecule has 1 aliphatic carbocycles. The first kappa shape index (κ1) is 8.26. The van der Waals surface area contributed by atoms with Gasteiger partial charge >= 0.3 is 0 Å². The molecule has 0 bridgehead atoms. The number of nitrogens with one attached hydrogen (secondary N) is 1. The summed E-state index contributed by atoms with van der Waals surface area (Å²) in [6, 6.07) is 0. The van der Waals surface area contributed by atoms with Gasteiger partial charge in [0.25, 0.3) is 0 Å². The van der Waals surface area contributed by atoms with Crippen LogP contribution in [0.3, 0.4) is 0 Å². The van der Waals surface area contributed by atoms with Crippen molar-refractivity contribution >= 4 is 29.1 Å². The van der Waals surface area contributed by atoms with Gasteiger partial charge in [0.05, 0.1) is 11.7 Å². The molecule has 1 aliphatic rings. The molecule has 0 aliphatic heterocycles. The fourth-order valence-electron chi connectivity index (χ4n) is 1.22. The van der Waals surface area contributed by atoms with E-state index in [2.05, 4.69) is 14.1 Å². The maximum atomic E-state index is 5.76. The minimum Gasteiger partial charge on any atom is -0.366 e. The molecule has 0 atom stereocenters. The average molecular weight is 204 g/mol. The van der Waals surface area contributed by atoms with Crippen LogP contribution >= 0.6 is 23.3 Å². The molecule has 0 spiro atoms. The molecule has 0 amide bonds. The van der Waals surface area contributed by atoms with Gasteiger partial charge in [-0.15, -0.1) is 0 Å². The van der Waals surface area contributed by atoms with E-state index in [4.69, 9.17) is 11.6 Å². The van der Waals surface area contributed by atoms with Crippen molar-refractivity contribution in [3.8, 4) is 0 Å². The van der Waals surface area contributed by atoms with E-state index in [-0.39, 0.29) is 0 Å². The molecule has 1 aromatic rings. The van der Waals surface area contributed by atoms with Crippen molar-refractivity contribution in [2.75, 3.05) is 11.9 Å². The van der Waals surface area contributed by atoms with Gasteiger partial charge < -0.3 is 5.32 Å². The van der Waals surface area contributed by atoms with Gasteiger partial charge in [0.15, 0.2) is 11.0 Å². The molecule has 12 heavy (non-hydrogen) atoms. The zero-order valence-electron chi connectivity index (χ0n) is 6.59. The van der Waals surface area contributed by atoms with Gasteiger partial charge in [-0.25, -0.2) is 0 Å². The Balaban J connectivity index is 1.82. The van der Waals surface area contributed by atoms with Crippen molar-refractivity contribution in [2.45, 2.75) is 19.3 Å². The molecule has 1 fully saturated rings. The van der Waals surface area contributed by atoms with Gasteiger partial charge in [0.2, 0.25) is 0 Å². The highest BCUT2D eigenvalue weighted by Gasteiger charge is 2.17. The minimum absolute atomic E-state index is 0.499. The number of anilines is 1. The largest absolute Gasteiger partial charge is 0.366 e. The Morgan fingerprint density at radius 2 is 2.33 bits per heavy atom. The van der Waals surface area contributed by atoms with Crippen LogP contribution in [-0.2, 0) is 0 Å². The lowest BCUT2D eigenvalue weighted by molar-refractivity contribution is 0.333. The van der Waals surface area contributed by atoms with Crippen molar-refractivity contribution in [1.29, 1.82) is 0 Å². The summed E-state index contributed by atoms with van der Waals surface area (Å²) in [5, 5.41) is 3.70. The molecule has 1 aromatic heterocycles. The summed E-state index contributed by atoms with van der Waals surface area (Å²) in [6.07, 6.45) is 4.04. The van der Waals surface area contributed by atoms with E-state index >= 15 is 0 Å². The van der Waals surface area contributed by atoms with Gasteiger partial charge in [-0.2, -0.15) is 8.75 Å². The van der Waals surface area contributed by atoms with Gasteiger partial charge in [-0.3, -0.25) is 0 Å². The lowest BCUT2D eigenvalue weighted by Gasteiger charge is -2.25. The van der Waals surface area contributed by atoms with Crippen molar-refractivity contribution in [2.24, 2.45) is 5.92 Å². The summed E-state index contributed by atoms with van der Waals surface area (Å²) in [7, 11) is 0. The van der Waals surface area contributed by atoms with Gasteiger partial charge in [-0.05, 0) is 18.8 Å². The van der Waals surface area contributed by atoms with Crippen LogP contribution in [0.2, 0.25) is 5.15 Å². The van der Waals surface area contributed by atoms with Crippen LogP contribution in [0.25, 0.3) is 0 Å². The molecule has 3 nitrogen and oxygen atoms in total. The topological polar surface area (TPSA) is 37.8 Å². The molecule has 1 saturated carbocycles. The first-order chi connectivity index (χ1) is 5.86. The summed E-state index contributed by atoms with van der Waals surface area (Å²) in [4.78, 5) is 0. The zero-order valence-corrected chi connectivity index (χ0v) is 8.16. The Labute approximate surface area is 80.5 Å². The van der Waals surface area contributed by atoms with Crippen LogP contribution in [0.15, 0.2) is 0 Å². The standard InChI is InChI=1S/C7H10ClN3S/c8-6-7(11-12-10-6)9-4-5-2-1-3-5/h5H,1-4H2,(H,9,11). The van der Waals surface area contributed by atoms with E-state index in [1.165, 1.54) is 19.3 Å². The molecule has 1 heterocycles. The third-order valence-electron chi connectivity index (χ3n) is 2.23. The van der Waals surface area contributed by atoms with Gasteiger partial charge in [-0.1, -0.05) is 18.0 Å². The SMILES string of the molecule is Clc1nsnc1NCC1CCC1. The lowest BCUT2D eigenvalue weighted by Crippen LogP contribution is -2.21.